The van der Waals surface area contributed by atoms with E-state index in [1.54, 1.807) is 23.1 Å². The summed E-state index contributed by atoms with van der Waals surface area (Å²) in [7, 11) is 0. The normalized spacial score (nSPS) is 15.1. The van der Waals surface area contributed by atoms with Gasteiger partial charge in [-0.3, -0.25) is 14.5 Å². The Morgan fingerprint density at radius 3 is 2.57 bits per heavy atom. The first-order valence-electron chi connectivity index (χ1n) is 8.88. The van der Waals surface area contributed by atoms with E-state index in [1.807, 2.05) is 49.4 Å². The molecule has 0 fully saturated rings. The molecule has 0 aromatic heterocycles. The Morgan fingerprint density at radius 2 is 1.89 bits per heavy atom. The number of nitrogens with one attached hydrogen (secondary N) is 1. The first kappa shape index (κ1) is 20.2. The lowest BCUT2D eigenvalue weighted by Crippen LogP contribution is -2.32. The minimum Gasteiger partial charge on any atom is -0.351 e. The monoisotopic (exact) mass is 413 g/mol. The molecule has 0 radical (unpaired) electrons. The number of hydrogen-bond acceptors (Lipinski definition) is 4. The van der Waals surface area contributed by atoms with Gasteiger partial charge in [0, 0.05) is 18.1 Å². The van der Waals surface area contributed by atoms with Crippen LogP contribution in [0, 0.1) is 0 Å². The molecule has 0 aliphatic carbocycles. The van der Waals surface area contributed by atoms with Crippen LogP contribution in [-0.2, 0) is 16.1 Å². The fourth-order valence-electron chi connectivity index (χ4n) is 2.61. The molecule has 2 aromatic carbocycles. The highest BCUT2D eigenvalue weighted by atomic mass is 35.5. The van der Waals surface area contributed by atoms with E-state index < -0.39 is 0 Å². The number of carbonyl (C=O) groups excluding carboxylic acids is 2. The summed E-state index contributed by atoms with van der Waals surface area (Å²) in [4.78, 5) is 30.7. The predicted octanol–water partition coefficient (Wildman–Crippen LogP) is 3.95. The summed E-state index contributed by atoms with van der Waals surface area (Å²) >= 11 is 7.16. The molecule has 0 unspecified atom stereocenters. The largest absolute Gasteiger partial charge is 0.351 e. The van der Waals surface area contributed by atoms with E-state index in [4.69, 9.17) is 11.6 Å². The maximum atomic E-state index is 12.6. The van der Waals surface area contributed by atoms with Gasteiger partial charge in [-0.15, -0.1) is 0 Å². The average Bonchev–Trinajstić information content (AvgIpc) is 3.01. The fraction of sp³-hybridized carbons (Fsp3) is 0.190. The number of benzene rings is 2. The second-order valence-corrected chi connectivity index (χ2v) is 7.45. The summed E-state index contributed by atoms with van der Waals surface area (Å²) in [5.41, 5.74) is 2.24. The summed E-state index contributed by atoms with van der Waals surface area (Å²) in [5.74, 6) is -0.0660. The van der Waals surface area contributed by atoms with Crippen LogP contribution in [0.4, 0.5) is 0 Å². The predicted molar refractivity (Wildman–Crippen MR) is 115 cm³/mol. The molecule has 3 rings (SSSR count). The van der Waals surface area contributed by atoms with Crippen molar-refractivity contribution in [3.63, 3.8) is 0 Å². The van der Waals surface area contributed by atoms with Gasteiger partial charge in [0.25, 0.3) is 5.91 Å². The molecular formula is C21H20ClN3O2S. The van der Waals surface area contributed by atoms with Crippen LogP contribution in [0.2, 0.25) is 5.02 Å². The quantitative estimate of drug-likeness (QED) is 0.729. The van der Waals surface area contributed by atoms with Crippen LogP contribution in [0.3, 0.4) is 0 Å². The van der Waals surface area contributed by atoms with Crippen molar-refractivity contribution >= 4 is 46.4 Å². The lowest BCUT2D eigenvalue weighted by atomic mass is 10.2. The number of amides is 2. The van der Waals surface area contributed by atoms with Gasteiger partial charge in [0.1, 0.15) is 5.70 Å². The molecule has 0 bridgehead atoms. The lowest BCUT2D eigenvalue weighted by Gasteiger charge is -2.14. The molecule has 7 heteroatoms. The highest BCUT2D eigenvalue weighted by Crippen LogP contribution is 2.24. The van der Waals surface area contributed by atoms with Crippen molar-refractivity contribution in [2.45, 2.75) is 13.5 Å². The van der Waals surface area contributed by atoms with Crippen molar-refractivity contribution in [2.24, 2.45) is 4.99 Å². The molecule has 28 heavy (non-hydrogen) atoms. The number of hydrogen-bond donors (Lipinski definition) is 1. The summed E-state index contributed by atoms with van der Waals surface area (Å²) in [6, 6.07) is 16.9. The van der Waals surface area contributed by atoms with Crippen LogP contribution >= 0.6 is 23.4 Å². The Hall–Kier alpha value is -2.57. The minimum absolute atomic E-state index is 0.102. The topological polar surface area (TPSA) is 61.8 Å². The van der Waals surface area contributed by atoms with Crippen LogP contribution in [0.25, 0.3) is 6.08 Å². The van der Waals surface area contributed by atoms with Gasteiger partial charge in [0.2, 0.25) is 5.91 Å². The standard InChI is InChI=1S/C21H20ClN3O2S/c1-2-25-20(27)18(12-15-8-10-17(22)11-9-15)24-21(25)28-14-19(26)23-13-16-6-4-3-5-7-16/h3-12H,2,13-14H2,1H3,(H,23,26)/b18-12+. The second-order valence-electron chi connectivity index (χ2n) is 6.08. The van der Waals surface area contributed by atoms with Gasteiger partial charge < -0.3 is 5.32 Å². The van der Waals surface area contributed by atoms with E-state index in [9.17, 15) is 9.59 Å². The number of likely N-dealkylation sites (N-methyl/N-ethyl adjacent to an activating group) is 1. The van der Waals surface area contributed by atoms with Crippen molar-refractivity contribution in [3.05, 3.63) is 76.4 Å². The third kappa shape index (κ3) is 5.24. The molecule has 0 saturated carbocycles. The smallest absolute Gasteiger partial charge is 0.278 e. The van der Waals surface area contributed by atoms with Crippen LogP contribution in [0.5, 0.6) is 0 Å². The van der Waals surface area contributed by atoms with Crippen molar-refractivity contribution in [1.29, 1.82) is 0 Å². The number of amidine groups is 1. The van der Waals surface area contributed by atoms with Gasteiger partial charge in [-0.25, -0.2) is 4.99 Å². The first-order valence-corrected chi connectivity index (χ1v) is 10.2. The molecule has 1 heterocycles. The number of rotatable bonds is 6. The lowest BCUT2D eigenvalue weighted by molar-refractivity contribution is -0.122. The van der Waals surface area contributed by atoms with Crippen molar-refractivity contribution in [1.82, 2.24) is 10.2 Å². The first-order chi connectivity index (χ1) is 13.6. The summed E-state index contributed by atoms with van der Waals surface area (Å²) in [6.45, 7) is 2.85. The van der Waals surface area contributed by atoms with E-state index in [0.717, 1.165) is 11.1 Å². The van der Waals surface area contributed by atoms with Gasteiger partial charge in [-0.05, 0) is 36.3 Å². The molecule has 2 amide bonds. The molecule has 5 nitrogen and oxygen atoms in total. The Bertz CT molecular complexity index is 911. The zero-order valence-corrected chi connectivity index (χ0v) is 17.0. The molecular weight excluding hydrogens is 394 g/mol. The molecule has 144 valence electrons. The second kappa shape index (κ2) is 9.57. The molecule has 1 aliphatic heterocycles. The van der Waals surface area contributed by atoms with Crippen LogP contribution in [0.15, 0.2) is 65.3 Å². The van der Waals surface area contributed by atoms with E-state index >= 15 is 0 Å². The van der Waals surface area contributed by atoms with E-state index in [-0.39, 0.29) is 17.6 Å². The Labute approximate surface area is 173 Å². The highest BCUT2D eigenvalue weighted by Gasteiger charge is 2.29. The van der Waals surface area contributed by atoms with Crippen LogP contribution in [-0.4, -0.2) is 34.2 Å². The molecule has 2 aromatic rings. The van der Waals surface area contributed by atoms with Gasteiger partial charge in [0.15, 0.2) is 5.17 Å². The number of nitrogens with zero attached hydrogens (tertiary/aromatic N) is 2. The molecule has 1 aliphatic rings. The molecule has 0 saturated heterocycles. The number of carbonyl (C=O) groups is 2. The van der Waals surface area contributed by atoms with Gasteiger partial charge in [-0.1, -0.05) is 65.8 Å². The molecule has 1 N–H and O–H groups in total. The zero-order valence-electron chi connectivity index (χ0n) is 15.4. The molecule has 0 atom stereocenters. The maximum Gasteiger partial charge on any atom is 0.278 e. The van der Waals surface area contributed by atoms with E-state index in [0.29, 0.717) is 29.0 Å². The maximum absolute atomic E-state index is 12.6. The SMILES string of the molecule is CCN1C(=O)/C(=C\c2ccc(Cl)cc2)N=C1SCC(=O)NCc1ccccc1. The van der Waals surface area contributed by atoms with Crippen molar-refractivity contribution in [3.8, 4) is 0 Å². The minimum atomic E-state index is -0.162. The fourth-order valence-corrected chi connectivity index (χ4v) is 3.63. The van der Waals surface area contributed by atoms with Crippen LogP contribution in [0.1, 0.15) is 18.1 Å². The highest BCUT2D eigenvalue weighted by molar-refractivity contribution is 8.14. The zero-order chi connectivity index (χ0) is 19.9. The van der Waals surface area contributed by atoms with E-state index in [1.165, 1.54) is 11.8 Å². The summed E-state index contributed by atoms with van der Waals surface area (Å²) < 4.78 is 0. The average molecular weight is 414 g/mol. The Balaban J connectivity index is 1.62. The summed E-state index contributed by atoms with van der Waals surface area (Å²) in [5, 5.41) is 4.06. The number of thioether (sulfide) groups is 1. The third-order valence-corrected chi connectivity index (χ3v) is 5.29. The van der Waals surface area contributed by atoms with Crippen LogP contribution < -0.4 is 5.32 Å². The Kier molecular flexibility index (Phi) is 6.90. The molecule has 0 spiro atoms. The van der Waals surface area contributed by atoms with E-state index in [2.05, 4.69) is 10.3 Å². The van der Waals surface area contributed by atoms with Gasteiger partial charge in [0.05, 0.1) is 5.75 Å². The summed E-state index contributed by atoms with van der Waals surface area (Å²) in [6.07, 6.45) is 1.73. The number of halogens is 1. The van der Waals surface area contributed by atoms with Gasteiger partial charge >= 0.3 is 0 Å². The number of aliphatic imine (C=N–C) groups is 1. The van der Waals surface area contributed by atoms with Gasteiger partial charge in [-0.2, -0.15) is 0 Å². The third-order valence-electron chi connectivity index (χ3n) is 4.07. The van der Waals surface area contributed by atoms with Crippen molar-refractivity contribution < 1.29 is 9.59 Å². The van der Waals surface area contributed by atoms with Crippen molar-refractivity contribution in [2.75, 3.05) is 12.3 Å². The Morgan fingerprint density at radius 1 is 1.18 bits per heavy atom.